The number of methoxy groups -OCH3 is 1. The van der Waals surface area contributed by atoms with Gasteiger partial charge in [0.2, 0.25) is 11.8 Å². The van der Waals surface area contributed by atoms with Crippen LogP contribution < -0.4 is 0 Å². The number of carbonyl (C=O) groups excluding carboxylic acids is 2. The number of aromatic nitrogens is 2. The largest absolute Gasteiger partial charge is 0.383 e. The van der Waals surface area contributed by atoms with Crippen LogP contribution in [0.4, 0.5) is 0 Å². The van der Waals surface area contributed by atoms with Crippen LogP contribution in [0, 0.1) is 5.92 Å². The number of hydrogen-bond acceptors (Lipinski definition) is 4. The molecule has 27 heavy (non-hydrogen) atoms. The molecule has 0 radical (unpaired) electrons. The highest BCUT2D eigenvalue weighted by Gasteiger charge is 2.32. The number of imidazole rings is 1. The van der Waals surface area contributed by atoms with E-state index in [4.69, 9.17) is 4.74 Å². The van der Waals surface area contributed by atoms with Gasteiger partial charge in [0.05, 0.1) is 23.6 Å². The average Bonchev–Trinajstić information content (AvgIpc) is 3.10. The van der Waals surface area contributed by atoms with E-state index in [1.807, 2.05) is 36.1 Å². The van der Waals surface area contributed by atoms with Crippen molar-refractivity contribution in [2.75, 3.05) is 39.9 Å². The van der Waals surface area contributed by atoms with Gasteiger partial charge >= 0.3 is 0 Å². The first-order valence-corrected chi connectivity index (χ1v) is 9.61. The van der Waals surface area contributed by atoms with Gasteiger partial charge in [-0.2, -0.15) is 0 Å². The highest BCUT2D eigenvalue weighted by molar-refractivity contribution is 5.84. The predicted molar refractivity (Wildman–Crippen MR) is 103 cm³/mol. The number of ether oxygens (including phenoxy) is 1. The van der Waals surface area contributed by atoms with E-state index >= 15 is 0 Å². The SMILES string of the molecule is CCN(CCc1nc2ccccc2[nH]1)C(=O)C1CCC(=O)N(CCOC)C1. The third-order valence-corrected chi connectivity index (χ3v) is 5.17. The van der Waals surface area contributed by atoms with Gasteiger partial charge in [-0.3, -0.25) is 9.59 Å². The molecule has 0 saturated carbocycles. The highest BCUT2D eigenvalue weighted by atomic mass is 16.5. The standard InChI is InChI=1S/C20H28N4O3/c1-3-23(11-10-18-21-16-6-4-5-7-17(16)22-18)20(26)15-8-9-19(25)24(14-15)12-13-27-2/h4-7,15H,3,8-14H2,1-2H3,(H,21,22). The Labute approximate surface area is 159 Å². The first-order valence-electron chi connectivity index (χ1n) is 9.61. The van der Waals surface area contributed by atoms with E-state index in [0.29, 0.717) is 52.0 Å². The fourth-order valence-electron chi connectivity index (χ4n) is 3.58. The topological polar surface area (TPSA) is 78.5 Å². The maximum absolute atomic E-state index is 13.0. The van der Waals surface area contributed by atoms with Crippen LogP contribution in [0.25, 0.3) is 11.0 Å². The quantitative estimate of drug-likeness (QED) is 0.767. The van der Waals surface area contributed by atoms with Crippen LogP contribution in [0.5, 0.6) is 0 Å². The third kappa shape index (κ3) is 4.66. The molecular formula is C20H28N4O3. The normalized spacial score (nSPS) is 17.5. The average molecular weight is 372 g/mol. The number of hydrogen-bond donors (Lipinski definition) is 1. The molecule has 1 aromatic heterocycles. The number of benzene rings is 1. The number of rotatable bonds is 8. The van der Waals surface area contributed by atoms with Crippen molar-refractivity contribution in [3.63, 3.8) is 0 Å². The van der Waals surface area contributed by atoms with Crippen LogP contribution in [-0.4, -0.2) is 71.5 Å². The molecule has 1 N–H and O–H groups in total. The monoisotopic (exact) mass is 372 g/mol. The van der Waals surface area contributed by atoms with E-state index in [0.717, 1.165) is 16.9 Å². The molecule has 7 nitrogen and oxygen atoms in total. The lowest BCUT2D eigenvalue weighted by molar-refractivity contribution is -0.143. The highest BCUT2D eigenvalue weighted by Crippen LogP contribution is 2.20. The van der Waals surface area contributed by atoms with E-state index in [9.17, 15) is 9.59 Å². The number of para-hydroxylation sites is 2. The molecular weight excluding hydrogens is 344 g/mol. The van der Waals surface area contributed by atoms with Crippen LogP contribution >= 0.6 is 0 Å². The number of H-pyrrole nitrogens is 1. The summed E-state index contributed by atoms with van der Waals surface area (Å²) in [5, 5.41) is 0. The lowest BCUT2D eigenvalue weighted by atomic mass is 9.96. The van der Waals surface area contributed by atoms with Crippen LogP contribution in [0.1, 0.15) is 25.6 Å². The summed E-state index contributed by atoms with van der Waals surface area (Å²) in [5.74, 6) is 1.00. The molecule has 7 heteroatoms. The molecule has 1 aliphatic rings. The number of likely N-dealkylation sites (tertiary alicyclic amines) is 1. The molecule has 0 spiro atoms. The van der Waals surface area contributed by atoms with Crippen molar-refractivity contribution in [2.24, 2.45) is 5.92 Å². The Hall–Kier alpha value is -2.41. The number of fused-ring (bicyclic) bond motifs is 1. The van der Waals surface area contributed by atoms with Gasteiger partial charge in [-0.05, 0) is 25.5 Å². The number of nitrogens with one attached hydrogen (secondary N) is 1. The Morgan fingerprint density at radius 2 is 2.22 bits per heavy atom. The molecule has 1 atom stereocenters. The van der Waals surface area contributed by atoms with Gasteiger partial charge in [-0.1, -0.05) is 12.1 Å². The zero-order chi connectivity index (χ0) is 19.2. The number of amides is 2. The summed E-state index contributed by atoms with van der Waals surface area (Å²) in [4.78, 5) is 36.5. The Kier molecular flexibility index (Phi) is 6.45. The van der Waals surface area contributed by atoms with E-state index < -0.39 is 0 Å². The number of piperidine rings is 1. The smallest absolute Gasteiger partial charge is 0.227 e. The molecule has 2 heterocycles. The van der Waals surface area contributed by atoms with Gasteiger partial charge in [0.1, 0.15) is 5.82 Å². The summed E-state index contributed by atoms with van der Waals surface area (Å²) >= 11 is 0. The van der Waals surface area contributed by atoms with Crippen molar-refractivity contribution in [3.8, 4) is 0 Å². The summed E-state index contributed by atoms with van der Waals surface area (Å²) in [6, 6.07) is 7.92. The minimum Gasteiger partial charge on any atom is -0.383 e. The van der Waals surface area contributed by atoms with Gasteiger partial charge in [-0.25, -0.2) is 4.98 Å². The van der Waals surface area contributed by atoms with Crippen molar-refractivity contribution in [2.45, 2.75) is 26.2 Å². The molecule has 0 bridgehead atoms. The van der Waals surface area contributed by atoms with Crippen molar-refractivity contribution in [1.82, 2.24) is 19.8 Å². The van der Waals surface area contributed by atoms with E-state index in [1.165, 1.54) is 0 Å². The van der Waals surface area contributed by atoms with E-state index in [2.05, 4.69) is 9.97 Å². The minimum absolute atomic E-state index is 0.112. The first kappa shape index (κ1) is 19.4. The Morgan fingerprint density at radius 1 is 1.41 bits per heavy atom. The van der Waals surface area contributed by atoms with E-state index in [1.54, 1.807) is 12.0 Å². The summed E-state index contributed by atoms with van der Waals surface area (Å²) < 4.78 is 5.07. The van der Waals surface area contributed by atoms with Crippen molar-refractivity contribution in [1.29, 1.82) is 0 Å². The van der Waals surface area contributed by atoms with Crippen LogP contribution in [0.3, 0.4) is 0 Å². The molecule has 2 amide bonds. The third-order valence-electron chi connectivity index (χ3n) is 5.17. The second-order valence-electron chi connectivity index (χ2n) is 6.94. The first-order chi connectivity index (χ1) is 13.1. The zero-order valence-electron chi connectivity index (χ0n) is 16.1. The fourth-order valence-corrected chi connectivity index (χ4v) is 3.58. The number of likely N-dealkylation sites (N-methyl/N-ethyl adjacent to an activating group) is 1. The molecule has 1 aromatic carbocycles. The van der Waals surface area contributed by atoms with Crippen molar-refractivity contribution < 1.29 is 14.3 Å². The number of aromatic amines is 1. The van der Waals surface area contributed by atoms with Crippen LogP contribution in [0.15, 0.2) is 24.3 Å². The second-order valence-corrected chi connectivity index (χ2v) is 6.94. The van der Waals surface area contributed by atoms with Gasteiger partial charge < -0.3 is 19.5 Å². The van der Waals surface area contributed by atoms with Gasteiger partial charge in [0, 0.05) is 46.1 Å². The van der Waals surface area contributed by atoms with E-state index in [-0.39, 0.29) is 17.7 Å². The molecule has 2 aromatic rings. The maximum Gasteiger partial charge on any atom is 0.227 e. The molecule has 3 rings (SSSR count). The van der Waals surface area contributed by atoms with Gasteiger partial charge in [0.15, 0.2) is 0 Å². The fraction of sp³-hybridized carbons (Fsp3) is 0.550. The van der Waals surface area contributed by atoms with Crippen LogP contribution in [0.2, 0.25) is 0 Å². The van der Waals surface area contributed by atoms with Gasteiger partial charge in [0.25, 0.3) is 0 Å². The molecule has 1 saturated heterocycles. The summed E-state index contributed by atoms with van der Waals surface area (Å²) in [6.45, 7) is 4.80. The van der Waals surface area contributed by atoms with Crippen molar-refractivity contribution in [3.05, 3.63) is 30.1 Å². The Morgan fingerprint density at radius 3 is 2.96 bits per heavy atom. The maximum atomic E-state index is 13.0. The van der Waals surface area contributed by atoms with Crippen molar-refractivity contribution >= 4 is 22.8 Å². The Balaban J connectivity index is 1.59. The molecule has 1 aliphatic heterocycles. The summed E-state index contributed by atoms with van der Waals surface area (Å²) in [5.41, 5.74) is 1.96. The van der Waals surface area contributed by atoms with Crippen LogP contribution in [-0.2, 0) is 20.7 Å². The summed E-state index contributed by atoms with van der Waals surface area (Å²) in [7, 11) is 1.62. The molecule has 146 valence electrons. The molecule has 1 fully saturated rings. The zero-order valence-corrected chi connectivity index (χ0v) is 16.1. The van der Waals surface area contributed by atoms with Gasteiger partial charge in [-0.15, -0.1) is 0 Å². The lowest BCUT2D eigenvalue weighted by Gasteiger charge is -2.34. The minimum atomic E-state index is -0.129. The molecule has 0 aliphatic carbocycles. The predicted octanol–water partition coefficient (Wildman–Crippen LogP) is 1.84. The Bertz CT molecular complexity index is 755. The second kappa shape index (κ2) is 8.99. The summed E-state index contributed by atoms with van der Waals surface area (Å²) in [6.07, 6.45) is 1.75. The number of carbonyl (C=O) groups is 2. The lowest BCUT2D eigenvalue weighted by Crippen LogP contribution is -2.48. The molecule has 1 unspecified atom stereocenters. The number of nitrogens with zero attached hydrogens (tertiary/aromatic N) is 3.